The summed E-state index contributed by atoms with van der Waals surface area (Å²) in [5.41, 5.74) is 2.67. The zero-order valence-electron chi connectivity index (χ0n) is 18.0. The summed E-state index contributed by atoms with van der Waals surface area (Å²) in [4.78, 5) is 45.4. The lowest BCUT2D eigenvalue weighted by molar-refractivity contribution is -0.152. The molecule has 168 valence electrons. The number of hydrogen-bond acceptors (Lipinski definition) is 6. The fourth-order valence-corrected chi connectivity index (χ4v) is 5.47. The Labute approximate surface area is 195 Å². The van der Waals surface area contributed by atoms with Crippen LogP contribution in [0.4, 0.5) is 0 Å². The van der Waals surface area contributed by atoms with Gasteiger partial charge in [-0.3, -0.25) is 19.3 Å². The number of aromatic nitrogens is 1. The van der Waals surface area contributed by atoms with Crippen LogP contribution in [0.3, 0.4) is 0 Å². The van der Waals surface area contributed by atoms with Gasteiger partial charge in [0, 0.05) is 35.8 Å². The largest absolute Gasteiger partial charge is 0.454 e. The smallest absolute Gasteiger partial charge is 0.326 e. The third-order valence-electron chi connectivity index (χ3n) is 6.12. The van der Waals surface area contributed by atoms with E-state index in [2.05, 4.69) is 12.6 Å². The van der Waals surface area contributed by atoms with Crippen LogP contribution >= 0.6 is 11.3 Å². The van der Waals surface area contributed by atoms with Crippen molar-refractivity contribution in [1.29, 1.82) is 0 Å². The van der Waals surface area contributed by atoms with E-state index in [0.29, 0.717) is 29.9 Å². The Morgan fingerprint density at radius 1 is 1.12 bits per heavy atom. The molecule has 8 heteroatoms. The van der Waals surface area contributed by atoms with E-state index >= 15 is 0 Å². The summed E-state index contributed by atoms with van der Waals surface area (Å²) >= 11 is 1.67. The molecule has 0 saturated carbocycles. The Kier molecular flexibility index (Phi) is 5.68. The highest BCUT2D eigenvalue weighted by atomic mass is 32.1. The predicted octanol–water partition coefficient (Wildman–Crippen LogP) is 3.67. The van der Waals surface area contributed by atoms with Crippen LogP contribution in [-0.4, -0.2) is 58.8 Å². The van der Waals surface area contributed by atoms with Crippen LogP contribution in [0.15, 0.2) is 55.1 Å². The van der Waals surface area contributed by atoms with Crippen molar-refractivity contribution < 1.29 is 19.1 Å². The second-order valence-corrected chi connectivity index (χ2v) is 9.31. The van der Waals surface area contributed by atoms with Gasteiger partial charge in [-0.15, -0.1) is 11.3 Å². The standard InChI is InChI=1S/C25H23N3O4S/c1-16-18-8-2-3-9-19(18)25(31)28(16)14-23(30)32-15-22(29)27-12-6-7-17(13-27)24-26-20-10-4-5-11-21(20)33-24/h2-5,8-11,17H,1,6-7,12-15H2. The van der Waals surface area contributed by atoms with Crippen molar-refractivity contribution in [3.63, 3.8) is 0 Å². The molecule has 1 atom stereocenters. The second kappa shape index (κ2) is 8.78. The van der Waals surface area contributed by atoms with Crippen LogP contribution in [0.2, 0.25) is 0 Å². The maximum absolute atomic E-state index is 12.7. The average Bonchev–Trinajstić information content (AvgIpc) is 3.38. The van der Waals surface area contributed by atoms with Gasteiger partial charge in [0.1, 0.15) is 6.54 Å². The maximum Gasteiger partial charge on any atom is 0.326 e. The molecule has 1 saturated heterocycles. The van der Waals surface area contributed by atoms with Crippen molar-refractivity contribution in [2.24, 2.45) is 0 Å². The number of esters is 1. The molecular formula is C25H23N3O4S. The molecule has 2 amide bonds. The van der Waals surface area contributed by atoms with Crippen molar-refractivity contribution in [2.75, 3.05) is 26.2 Å². The number of rotatable bonds is 5. The van der Waals surface area contributed by atoms with Gasteiger partial charge >= 0.3 is 5.97 Å². The van der Waals surface area contributed by atoms with E-state index < -0.39 is 5.97 Å². The molecule has 33 heavy (non-hydrogen) atoms. The van der Waals surface area contributed by atoms with Crippen LogP contribution in [0.1, 0.15) is 39.7 Å². The van der Waals surface area contributed by atoms with Crippen molar-refractivity contribution in [3.05, 3.63) is 71.2 Å². The number of carbonyl (C=O) groups is 3. The normalized spacial score (nSPS) is 18.0. The minimum Gasteiger partial charge on any atom is -0.454 e. The summed E-state index contributed by atoms with van der Waals surface area (Å²) < 4.78 is 6.37. The number of carbonyl (C=O) groups excluding carboxylic acids is 3. The van der Waals surface area contributed by atoms with Gasteiger partial charge in [0.15, 0.2) is 6.61 Å². The molecule has 2 aliphatic rings. The van der Waals surface area contributed by atoms with E-state index in [4.69, 9.17) is 9.72 Å². The van der Waals surface area contributed by atoms with Crippen LogP contribution in [-0.2, 0) is 14.3 Å². The topological polar surface area (TPSA) is 79.8 Å². The van der Waals surface area contributed by atoms with Gasteiger partial charge in [-0.05, 0) is 31.0 Å². The highest BCUT2D eigenvalue weighted by Gasteiger charge is 2.33. The number of para-hydroxylation sites is 1. The molecule has 5 rings (SSSR count). The molecule has 2 aliphatic heterocycles. The minimum atomic E-state index is -0.634. The molecule has 0 aliphatic carbocycles. The van der Waals surface area contributed by atoms with Gasteiger partial charge in [-0.2, -0.15) is 0 Å². The lowest BCUT2D eigenvalue weighted by Crippen LogP contribution is -2.42. The molecule has 3 aromatic rings. The Morgan fingerprint density at radius 3 is 2.67 bits per heavy atom. The van der Waals surface area contributed by atoms with E-state index in [0.717, 1.165) is 28.1 Å². The number of hydrogen-bond donors (Lipinski definition) is 0. The predicted molar refractivity (Wildman–Crippen MR) is 126 cm³/mol. The van der Waals surface area contributed by atoms with Crippen molar-refractivity contribution in [1.82, 2.24) is 14.8 Å². The van der Waals surface area contributed by atoms with Gasteiger partial charge < -0.3 is 9.64 Å². The molecule has 1 aromatic heterocycles. The maximum atomic E-state index is 12.7. The number of nitrogens with zero attached hydrogens (tertiary/aromatic N) is 3. The highest BCUT2D eigenvalue weighted by Crippen LogP contribution is 2.33. The number of fused-ring (bicyclic) bond motifs is 2. The number of piperidine rings is 1. The molecule has 0 N–H and O–H groups in total. The minimum absolute atomic E-state index is 0.180. The monoisotopic (exact) mass is 461 g/mol. The fraction of sp³-hybridized carbons (Fsp3) is 0.280. The fourth-order valence-electron chi connectivity index (χ4n) is 4.38. The summed E-state index contributed by atoms with van der Waals surface area (Å²) in [6, 6.07) is 15.1. The van der Waals surface area contributed by atoms with Gasteiger partial charge in [-0.25, -0.2) is 4.98 Å². The molecule has 1 fully saturated rings. The number of ether oxygens (including phenoxy) is 1. The number of likely N-dealkylation sites (tertiary alicyclic amines) is 1. The highest BCUT2D eigenvalue weighted by molar-refractivity contribution is 7.18. The molecule has 2 aromatic carbocycles. The van der Waals surface area contributed by atoms with Crippen LogP contribution in [0, 0.1) is 0 Å². The third kappa shape index (κ3) is 4.14. The van der Waals surface area contributed by atoms with Gasteiger partial charge in [0.25, 0.3) is 11.8 Å². The first-order chi connectivity index (χ1) is 16.0. The summed E-state index contributed by atoms with van der Waals surface area (Å²) in [6.07, 6.45) is 1.85. The van der Waals surface area contributed by atoms with Gasteiger partial charge in [-0.1, -0.05) is 36.9 Å². The average molecular weight is 462 g/mol. The van der Waals surface area contributed by atoms with E-state index in [9.17, 15) is 14.4 Å². The zero-order chi connectivity index (χ0) is 22.9. The SMILES string of the molecule is C=C1c2ccccc2C(=O)N1CC(=O)OCC(=O)N1CCCC(c2nc3ccccc3s2)C1. The van der Waals surface area contributed by atoms with Gasteiger partial charge in [0.05, 0.1) is 15.2 Å². The van der Waals surface area contributed by atoms with Crippen LogP contribution < -0.4 is 0 Å². The summed E-state index contributed by atoms with van der Waals surface area (Å²) in [6.45, 7) is 4.50. The molecule has 0 spiro atoms. The molecule has 0 bridgehead atoms. The number of thiazole rings is 1. The molecule has 0 radical (unpaired) electrons. The van der Waals surface area contributed by atoms with Gasteiger partial charge in [0.2, 0.25) is 0 Å². The van der Waals surface area contributed by atoms with Crippen molar-refractivity contribution in [2.45, 2.75) is 18.8 Å². The molecule has 1 unspecified atom stereocenters. The quantitative estimate of drug-likeness (QED) is 0.542. The number of benzene rings is 2. The Morgan fingerprint density at radius 2 is 1.88 bits per heavy atom. The number of amides is 2. The molecular weight excluding hydrogens is 438 g/mol. The Balaban J connectivity index is 1.16. The summed E-state index contributed by atoms with van der Waals surface area (Å²) in [5, 5.41) is 1.04. The summed E-state index contributed by atoms with van der Waals surface area (Å²) in [5.74, 6) is -0.970. The molecule has 7 nitrogen and oxygen atoms in total. The van der Waals surface area contributed by atoms with E-state index in [-0.39, 0.29) is 30.9 Å². The summed E-state index contributed by atoms with van der Waals surface area (Å²) in [7, 11) is 0. The van der Waals surface area contributed by atoms with Crippen LogP contribution in [0.25, 0.3) is 15.9 Å². The van der Waals surface area contributed by atoms with E-state index in [1.165, 1.54) is 4.90 Å². The van der Waals surface area contributed by atoms with Crippen molar-refractivity contribution >= 4 is 45.0 Å². The third-order valence-corrected chi connectivity index (χ3v) is 7.32. The lowest BCUT2D eigenvalue weighted by Gasteiger charge is -2.31. The van der Waals surface area contributed by atoms with Crippen molar-refractivity contribution in [3.8, 4) is 0 Å². The van der Waals surface area contributed by atoms with E-state index in [1.807, 2.05) is 24.3 Å². The first-order valence-electron chi connectivity index (χ1n) is 10.9. The first kappa shape index (κ1) is 21.3. The zero-order valence-corrected chi connectivity index (χ0v) is 18.8. The Hall–Kier alpha value is -3.52. The van der Waals surface area contributed by atoms with E-state index in [1.54, 1.807) is 34.4 Å². The molecule has 3 heterocycles. The van der Waals surface area contributed by atoms with Crippen LogP contribution in [0.5, 0.6) is 0 Å². The first-order valence-corrected chi connectivity index (χ1v) is 11.7. The Bertz CT molecular complexity index is 1200. The second-order valence-electron chi connectivity index (χ2n) is 8.24. The lowest BCUT2D eigenvalue weighted by atomic mass is 9.99.